The van der Waals surface area contributed by atoms with Crippen molar-refractivity contribution in [2.24, 2.45) is 5.73 Å². The Morgan fingerprint density at radius 2 is 2.10 bits per heavy atom. The number of amides is 3. The summed E-state index contributed by atoms with van der Waals surface area (Å²) in [5, 5.41) is 3.30. The number of benzene rings is 1. The van der Waals surface area contributed by atoms with Crippen LogP contribution in [0.5, 0.6) is 0 Å². The lowest BCUT2D eigenvalue weighted by atomic mass is 9.98. The number of imide groups is 1. The maximum atomic E-state index is 11.8. The fourth-order valence-electron chi connectivity index (χ4n) is 2.33. The molecule has 7 heteroatoms. The predicted octanol–water partition coefficient (Wildman–Crippen LogP) is 1.93. The van der Waals surface area contributed by atoms with Crippen molar-refractivity contribution < 1.29 is 9.59 Å². The van der Waals surface area contributed by atoms with Gasteiger partial charge in [-0.15, -0.1) is 0 Å². The molecule has 0 bridgehead atoms. The van der Waals surface area contributed by atoms with Gasteiger partial charge in [0.25, 0.3) is 0 Å². The van der Waals surface area contributed by atoms with E-state index in [2.05, 4.69) is 5.32 Å². The lowest BCUT2D eigenvalue weighted by Gasteiger charge is -2.33. The second-order valence-electron chi connectivity index (χ2n) is 4.78. The molecule has 0 saturated heterocycles. The van der Waals surface area contributed by atoms with E-state index in [0.29, 0.717) is 23.1 Å². The summed E-state index contributed by atoms with van der Waals surface area (Å²) in [4.78, 5) is 24.5. The van der Waals surface area contributed by atoms with Crippen LogP contribution in [0, 0.1) is 0 Å². The molecule has 0 unspecified atom stereocenters. The number of nitrogens with one attached hydrogen (secondary N) is 1. The summed E-state index contributed by atoms with van der Waals surface area (Å²) in [5.41, 5.74) is 7.02. The highest BCUT2D eigenvalue weighted by Crippen LogP contribution is 2.30. The molecule has 1 aromatic rings. The smallest absolute Gasteiger partial charge is 0.318 e. The van der Waals surface area contributed by atoms with Crippen LogP contribution in [0.4, 0.5) is 4.79 Å². The number of hydrogen-bond acceptors (Lipinski definition) is 3. The van der Waals surface area contributed by atoms with Gasteiger partial charge in [-0.1, -0.05) is 23.2 Å². The van der Waals surface area contributed by atoms with Crippen molar-refractivity contribution >= 4 is 35.1 Å². The van der Waals surface area contributed by atoms with E-state index in [-0.39, 0.29) is 0 Å². The predicted molar refractivity (Wildman–Crippen MR) is 77.8 cm³/mol. The van der Waals surface area contributed by atoms with Gasteiger partial charge in [0.1, 0.15) is 0 Å². The number of fused-ring (bicyclic) bond motifs is 1. The molecule has 1 atom stereocenters. The van der Waals surface area contributed by atoms with Crippen molar-refractivity contribution in [2.75, 3.05) is 6.54 Å². The van der Waals surface area contributed by atoms with Crippen LogP contribution in [0.25, 0.3) is 0 Å². The number of hydrogen-bond donors (Lipinski definition) is 2. The fourth-order valence-corrected chi connectivity index (χ4v) is 2.92. The summed E-state index contributed by atoms with van der Waals surface area (Å²) in [6.07, 6.45) is 0.754. The molecule has 108 valence electrons. The molecule has 0 aliphatic carbocycles. The molecule has 1 heterocycles. The Morgan fingerprint density at radius 1 is 1.40 bits per heavy atom. The molecule has 3 N–H and O–H groups in total. The number of halogens is 2. The van der Waals surface area contributed by atoms with E-state index in [1.54, 1.807) is 13.0 Å². The lowest BCUT2D eigenvalue weighted by molar-refractivity contribution is -0.125. The number of nitrogens with zero attached hydrogens (tertiary/aromatic N) is 1. The van der Waals surface area contributed by atoms with E-state index in [1.807, 2.05) is 11.0 Å². The first-order valence-corrected chi connectivity index (χ1v) is 6.95. The third-order valence-corrected chi connectivity index (χ3v) is 4.01. The lowest BCUT2D eigenvalue weighted by Crippen LogP contribution is -2.49. The van der Waals surface area contributed by atoms with E-state index < -0.39 is 18.0 Å². The molecular weight excluding hydrogens is 301 g/mol. The Balaban J connectivity index is 2.15. The van der Waals surface area contributed by atoms with Crippen LogP contribution in [0.2, 0.25) is 10.0 Å². The fraction of sp³-hybridized carbons (Fsp3) is 0.385. The van der Waals surface area contributed by atoms with Gasteiger partial charge < -0.3 is 5.73 Å². The topological polar surface area (TPSA) is 75.4 Å². The monoisotopic (exact) mass is 315 g/mol. The van der Waals surface area contributed by atoms with E-state index in [9.17, 15) is 9.59 Å². The van der Waals surface area contributed by atoms with Gasteiger partial charge in [0, 0.05) is 23.1 Å². The Labute approximate surface area is 127 Å². The molecule has 0 spiro atoms. The highest BCUT2D eigenvalue weighted by Gasteiger charge is 2.27. The van der Waals surface area contributed by atoms with Crippen LogP contribution in [0.3, 0.4) is 0 Å². The highest BCUT2D eigenvalue weighted by atomic mass is 35.5. The second-order valence-corrected chi connectivity index (χ2v) is 5.62. The molecule has 0 aromatic heterocycles. The van der Waals surface area contributed by atoms with Gasteiger partial charge in [-0.2, -0.15) is 0 Å². The van der Waals surface area contributed by atoms with Crippen LogP contribution >= 0.6 is 23.2 Å². The van der Waals surface area contributed by atoms with Crippen molar-refractivity contribution in [1.82, 2.24) is 10.2 Å². The Hall–Kier alpha value is -1.30. The minimum Gasteiger partial charge on any atom is -0.351 e. The third-order valence-electron chi connectivity index (χ3n) is 3.46. The second kappa shape index (κ2) is 5.99. The number of carbonyl (C=O) groups is 2. The van der Waals surface area contributed by atoms with Crippen LogP contribution in [0.1, 0.15) is 18.1 Å². The first-order valence-electron chi connectivity index (χ1n) is 6.19. The quantitative estimate of drug-likeness (QED) is 0.875. The maximum absolute atomic E-state index is 11.8. The van der Waals surface area contributed by atoms with Crippen LogP contribution < -0.4 is 11.1 Å². The summed E-state index contributed by atoms with van der Waals surface area (Å²) in [6, 6.07) is 2.29. The zero-order valence-electron chi connectivity index (χ0n) is 11.0. The summed E-state index contributed by atoms with van der Waals surface area (Å²) >= 11 is 12.2. The van der Waals surface area contributed by atoms with Crippen molar-refractivity contribution in [3.05, 3.63) is 33.3 Å². The molecule has 1 aliphatic rings. The molecule has 0 fully saturated rings. The standard InChI is InChI=1S/C13H15Cl2N3O2/c1-7(12(19)17-13(16)20)18-3-2-8-4-9(14)5-11(15)10(8)6-18/h4-5,7H,2-3,6H2,1H3,(H3,16,17,19,20)/t7-/m1/s1. The molecular formula is C13H15Cl2N3O2. The number of carbonyl (C=O) groups excluding carboxylic acids is 2. The highest BCUT2D eigenvalue weighted by molar-refractivity contribution is 6.35. The van der Waals surface area contributed by atoms with Gasteiger partial charge in [0.2, 0.25) is 5.91 Å². The average molecular weight is 316 g/mol. The Morgan fingerprint density at radius 3 is 2.75 bits per heavy atom. The number of urea groups is 1. The van der Waals surface area contributed by atoms with E-state index >= 15 is 0 Å². The maximum Gasteiger partial charge on any atom is 0.318 e. The number of nitrogens with two attached hydrogens (primary N) is 1. The normalized spacial score (nSPS) is 16.4. The first kappa shape index (κ1) is 15.1. The first-order chi connectivity index (χ1) is 9.38. The molecule has 0 saturated carbocycles. The van der Waals surface area contributed by atoms with Crippen LogP contribution in [-0.4, -0.2) is 29.4 Å². The molecule has 1 aromatic carbocycles. The van der Waals surface area contributed by atoms with E-state index in [1.165, 1.54) is 0 Å². The van der Waals surface area contributed by atoms with Gasteiger partial charge in [0.05, 0.1) is 6.04 Å². The SMILES string of the molecule is C[C@H](C(=O)NC(N)=O)N1CCc2cc(Cl)cc(Cl)c2C1. The van der Waals surface area contributed by atoms with Crippen molar-refractivity contribution in [2.45, 2.75) is 25.9 Å². The summed E-state index contributed by atoms with van der Waals surface area (Å²) in [5.74, 6) is -0.411. The minimum absolute atomic E-state index is 0.411. The molecule has 3 amide bonds. The largest absolute Gasteiger partial charge is 0.351 e. The minimum atomic E-state index is -0.843. The molecule has 20 heavy (non-hydrogen) atoms. The molecule has 0 radical (unpaired) electrons. The van der Waals surface area contributed by atoms with Crippen LogP contribution in [-0.2, 0) is 17.8 Å². The molecule has 5 nitrogen and oxygen atoms in total. The summed E-state index contributed by atoms with van der Waals surface area (Å²) in [6.45, 7) is 2.96. The average Bonchev–Trinajstić information content (AvgIpc) is 2.36. The van der Waals surface area contributed by atoms with Gasteiger partial charge >= 0.3 is 6.03 Å². The van der Waals surface area contributed by atoms with Gasteiger partial charge in [-0.25, -0.2) is 4.79 Å². The van der Waals surface area contributed by atoms with E-state index in [4.69, 9.17) is 28.9 Å². The zero-order valence-corrected chi connectivity index (χ0v) is 12.5. The summed E-state index contributed by atoms with van der Waals surface area (Å²) < 4.78 is 0. The van der Waals surface area contributed by atoms with Gasteiger partial charge in [-0.3, -0.25) is 15.0 Å². The van der Waals surface area contributed by atoms with Crippen LogP contribution in [0.15, 0.2) is 12.1 Å². The van der Waals surface area contributed by atoms with Crippen molar-refractivity contribution in [3.8, 4) is 0 Å². The number of rotatable bonds is 2. The Bertz CT molecular complexity index is 563. The third kappa shape index (κ3) is 3.23. The number of primary amides is 1. The van der Waals surface area contributed by atoms with Crippen molar-refractivity contribution in [3.63, 3.8) is 0 Å². The van der Waals surface area contributed by atoms with Crippen molar-refractivity contribution in [1.29, 1.82) is 0 Å². The molecule has 1 aliphatic heterocycles. The molecule has 2 rings (SSSR count). The zero-order chi connectivity index (χ0) is 14.9. The summed E-state index contributed by atoms with van der Waals surface area (Å²) in [7, 11) is 0. The Kier molecular flexibility index (Phi) is 4.52. The van der Waals surface area contributed by atoms with E-state index in [0.717, 1.165) is 17.5 Å². The van der Waals surface area contributed by atoms with Gasteiger partial charge in [0.15, 0.2) is 0 Å². The van der Waals surface area contributed by atoms with Gasteiger partial charge in [-0.05, 0) is 36.6 Å².